The van der Waals surface area contributed by atoms with E-state index in [0.717, 1.165) is 11.5 Å². The van der Waals surface area contributed by atoms with Gasteiger partial charge in [-0.25, -0.2) is 0 Å². The molecule has 0 aromatic rings. The van der Waals surface area contributed by atoms with E-state index in [4.69, 9.17) is 0 Å². The average molecular weight is 286 g/mol. The zero-order chi connectivity index (χ0) is 14.8. The van der Waals surface area contributed by atoms with Gasteiger partial charge in [-0.3, -0.25) is 0 Å². The summed E-state index contributed by atoms with van der Waals surface area (Å²) >= 11 is 0. The van der Waals surface area contributed by atoms with E-state index < -0.39 is 6.10 Å². The molecular weight excluding hydrogens is 260 g/mol. The van der Waals surface area contributed by atoms with Gasteiger partial charge in [0, 0.05) is 11.0 Å². The molecule has 0 aromatic carbocycles. The minimum Gasteiger partial charge on any atom is -0.509 e. The van der Waals surface area contributed by atoms with Crippen molar-refractivity contribution in [3.63, 3.8) is 0 Å². The van der Waals surface area contributed by atoms with E-state index in [0.29, 0.717) is 17.3 Å². The van der Waals surface area contributed by atoms with Gasteiger partial charge in [-0.1, -0.05) is 44.6 Å². The van der Waals surface area contributed by atoms with Crippen LogP contribution in [0.25, 0.3) is 0 Å². The highest BCUT2D eigenvalue weighted by Gasteiger charge is 2.54. The molecule has 0 heterocycles. The van der Waals surface area contributed by atoms with E-state index in [1.807, 2.05) is 0 Å². The molecule has 4 aliphatic rings. The van der Waals surface area contributed by atoms with Gasteiger partial charge in [0.15, 0.2) is 0 Å². The van der Waals surface area contributed by atoms with Crippen molar-refractivity contribution >= 4 is 0 Å². The fourth-order valence-electron chi connectivity index (χ4n) is 5.86. The Kier molecular flexibility index (Phi) is 2.76. The minimum absolute atomic E-state index is 0.105. The van der Waals surface area contributed by atoms with E-state index in [1.165, 1.54) is 32.1 Å². The van der Waals surface area contributed by atoms with Crippen LogP contribution in [-0.2, 0) is 0 Å². The van der Waals surface area contributed by atoms with Gasteiger partial charge in [0.05, 0.1) is 0 Å². The Balaban J connectivity index is 1.79. The molecule has 4 rings (SSSR count). The first kappa shape index (κ1) is 13.6. The van der Waals surface area contributed by atoms with Crippen LogP contribution >= 0.6 is 0 Å². The average Bonchev–Trinajstić information content (AvgIpc) is 2.85. The summed E-state index contributed by atoms with van der Waals surface area (Å²) in [6, 6.07) is 0. The summed E-state index contributed by atoms with van der Waals surface area (Å²) in [4.78, 5) is 0. The summed E-state index contributed by atoms with van der Waals surface area (Å²) in [7, 11) is 0. The Bertz CT molecular complexity index is 558. The highest BCUT2D eigenvalue weighted by atomic mass is 16.3. The molecule has 0 amide bonds. The maximum Gasteiger partial charge on any atom is 0.129 e. The van der Waals surface area contributed by atoms with Crippen LogP contribution in [0.4, 0.5) is 0 Å². The van der Waals surface area contributed by atoms with Crippen LogP contribution in [-0.4, -0.2) is 16.3 Å². The molecule has 21 heavy (non-hydrogen) atoms. The predicted molar refractivity (Wildman–Crippen MR) is 83.7 cm³/mol. The van der Waals surface area contributed by atoms with E-state index in [1.54, 1.807) is 6.08 Å². The topological polar surface area (TPSA) is 40.5 Å². The first-order valence-electron chi connectivity index (χ1n) is 8.45. The third-order valence-corrected chi connectivity index (χ3v) is 7.13. The van der Waals surface area contributed by atoms with Crippen molar-refractivity contribution < 1.29 is 10.2 Å². The summed E-state index contributed by atoms with van der Waals surface area (Å²) in [5.74, 6) is 2.16. The lowest BCUT2D eigenvalue weighted by atomic mass is 9.50. The lowest BCUT2D eigenvalue weighted by molar-refractivity contribution is 0.0222. The highest BCUT2D eigenvalue weighted by Crippen LogP contribution is 2.63. The Morgan fingerprint density at radius 1 is 1.10 bits per heavy atom. The quantitative estimate of drug-likeness (QED) is 0.657. The number of aliphatic hydroxyl groups excluding tert-OH is 2. The molecule has 2 fully saturated rings. The van der Waals surface area contributed by atoms with Crippen molar-refractivity contribution in [3.05, 3.63) is 35.6 Å². The van der Waals surface area contributed by atoms with Crippen molar-refractivity contribution in [2.24, 2.45) is 28.6 Å². The van der Waals surface area contributed by atoms with Crippen LogP contribution in [0, 0.1) is 28.6 Å². The SMILES string of the molecule is C[C@@]12CCC[C@H]1[C@@H]1C=CC3=C(O)C(O)C=C[C@]3(C)[C@H]1CC2. The summed E-state index contributed by atoms with van der Waals surface area (Å²) in [6.07, 6.45) is 14.2. The summed E-state index contributed by atoms with van der Waals surface area (Å²) < 4.78 is 0. The first-order chi connectivity index (χ1) is 9.96. The molecule has 0 aromatic heterocycles. The molecule has 4 aliphatic carbocycles. The van der Waals surface area contributed by atoms with Crippen molar-refractivity contribution in [1.29, 1.82) is 0 Å². The van der Waals surface area contributed by atoms with E-state index >= 15 is 0 Å². The number of hydrogen-bond acceptors (Lipinski definition) is 2. The Morgan fingerprint density at radius 2 is 1.90 bits per heavy atom. The van der Waals surface area contributed by atoms with Crippen LogP contribution in [0.2, 0.25) is 0 Å². The van der Waals surface area contributed by atoms with Gasteiger partial charge in [-0.05, 0) is 48.9 Å². The van der Waals surface area contributed by atoms with Gasteiger partial charge in [0.2, 0.25) is 0 Å². The van der Waals surface area contributed by atoms with Gasteiger partial charge in [0.25, 0.3) is 0 Å². The zero-order valence-corrected chi connectivity index (χ0v) is 13.0. The largest absolute Gasteiger partial charge is 0.509 e. The third kappa shape index (κ3) is 1.69. The molecule has 2 heteroatoms. The third-order valence-electron chi connectivity index (χ3n) is 7.13. The van der Waals surface area contributed by atoms with Gasteiger partial charge in [0.1, 0.15) is 11.9 Å². The van der Waals surface area contributed by atoms with Gasteiger partial charge >= 0.3 is 0 Å². The Labute approximate surface area is 127 Å². The normalized spacial score (nSPS) is 51.6. The van der Waals surface area contributed by atoms with Crippen molar-refractivity contribution in [3.8, 4) is 0 Å². The molecule has 0 saturated heterocycles. The Morgan fingerprint density at radius 3 is 2.71 bits per heavy atom. The number of hydrogen-bond donors (Lipinski definition) is 2. The summed E-state index contributed by atoms with van der Waals surface area (Å²) in [5, 5.41) is 20.2. The number of rotatable bonds is 0. The lowest BCUT2D eigenvalue weighted by Gasteiger charge is -2.54. The molecule has 1 unspecified atom stereocenters. The van der Waals surface area contributed by atoms with Crippen LogP contribution < -0.4 is 0 Å². The van der Waals surface area contributed by atoms with Crippen LogP contribution in [0.1, 0.15) is 46.0 Å². The number of allylic oxidation sites excluding steroid dienone is 4. The highest BCUT2D eigenvalue weighted by molar-refractivity contribution is 5.44. The maximum atomic E-state index is 10.3. The van der Waals surface area contributed by atoms with Gasteiger partial charge < -0.3 is 10.2 Å². The first-order valence-corrected chi connectivity index (χ1v) is 8.45. The minimum atomic E-state index is -0.824. The molecule has 2 saturated carbocycles. The zero-order valence-electron chi connectivity index (χ0n) is 13.0. The predicted octanol–water partition coefficient (Wildman–Crippen LogP) is 4.14. The smallest absolute Gasteiger partial charge is 0.129 e. The van der Waals surface area contributed by atoms with Crippen LogP contribution in [0.3, 0.4) is 0 Å². The molecule has 0 spiro atoms. The van der Waals surface area contributed by atoms with Gasteiger partial charge in [-0.15, -0.1) is 0 Å². The lowest BCUT2D eigenvalue weighted by Crippen LogP contribution is -2.47. The molecule has 0 aliphatic heterocycles. The monoisotopic (exact) mass is 286 g/mol. The fraction of sp³-hybridized carbons (Fsp3) is 0.684. The second-order valence-corrected chi connectivity index (χ2v) is 8.12. The summed E-state index contributed by atoms with van der Waals surface area (Å²) in [5.41, 5.74) is 1.37. The Hall–Kier alpha value is -1.02. The van der Waals surface area contributed by atoms with E-state index in [9.17, 15) is 10.2 Å². The van der Waals surface area contributed by atoms with Crippen molar-refractivity contribution in [2.75, 3.05) is 0 Å². The molecule has 0 bridgehead atoms. The molecule has 2 nitrogen and oxygen atoms in total. The fourth-order valence-corrected chi connectivity index (χ4v) is 5.86. The molecule has 2 N–H and O–H groups in total. The van der Waals surface area contributed by atoms with Gasteiger partial charge in [-0.2, -0.15) is 0 Å². The van der Waals surface area contributed by atoms with Crippen LogP contribution in [0.5, 0.6) is 0 Å². The standard InChI is InChI=1S/C19H26O2/c1-18-9-3-4-13(18)12-5-6-15-17(21)16(20)8-11-19(15,2)14(12)7-10-18/h5-6,8,11-14,16,20-21H,3-4,7,9-10H2,1-2H3/t12-,13-,14-,16?,18-,19+/m0/s1. The number of aliphatic hydroxyl groups is 2. The van der Waals surface area contributed by atoms with Crippen molar-refractivity contribution in [1.82, 2.24) is 0 Å². The van der Waals surface area contributed by atoms with E-state index in [-0.39, 0.29) is 11.2 Å². The molecule has 6 atom stereocenters. The van der Waals surface area contributed by atoms with Crippen LogP contribution in [0.15, 0.2) is 35.6 Å². The maximum absolute atomic E-state index is 10.3. The second-order valence-electron chi connectivity index (χ2n) is 8.12. The molecule has 114 valence electrons. The second kappa shape index (κ2) is 4.25. The molecular formula is C19H26O2. The van der Waals surface area contributed by atoms with Crippen molar-refractivity contribution in [2.45, 2.75) is 52.1 Å². The molecule has 0 radical (unpaired) electrons. The number of fused-ring (bicyclic) bond motifs is 5. The van der Waals surface area contributed by atoms with E-state index in [2.05, 4.69) is 32.1 Å². The summed E-state index contributed by atoms with van der Waals surface area (Å²) in [6.45, 7) is 4.74.